The lowest BCUT2D eigenvalue weighted by atomic mass is 9.99. The van der Waals surface area contributed by atoms with E-state index >= 15 is 0 Å². The number of hydrogen-bond acceptors (Lipinski definition) is 5. The van der Waals surface area contributed by atoms with E-state index < -0.39 is 18.6 Å². The van der Waals surface area contributed by atoms with E-state index in [1.165, 1.54) is 24.2 Å². The second-order valence-corrected chi connectivity index (χ2v) is 5.58. The largest absolute Gasteiger partial charge is 0.394 e. The number of nitrogens with one attached hydrogen (secondary N) is 1. The minimum Gasteiger partial charge on any atom is -0.394 e. The van der Waals surface area contributed by atoms with E-state index in [0.717, 1.165) is 12.0 Å². The van der Waals surface area contributed by atoms with E-state index in [1.54, 1.807) is 4.90 Å². The van der Waals surface area contributed by atoms with Gasteiger partial charge in [-0.1, -0.05) is 24.3 Å². The number of hydrogen-bond donors (Lipinski definition) is 2. The Hall–Kier alpha value is -2.80. The van der Waals surface area contributed by atoms with E-state index in [0.29, 0.717) is 13.1 Å². The van der Waals surface area contributed by atoms with E-state index in [4.69, 9.17) is 0 Å². The van der Waals surface area contributed by atoms with Crippen LogP contribution in [0.25, 0.3) is 0 Å². The molecule has 1 aliphatic rings. The molecule has 0 fully saturated rings. The molecule has 0 bridgehead atoms. The first kappa shape index (κ1) is 16.1. The lowest BCUT2D eigenvalue weighted by molar-refractivity contribution is -0.135. The second kappa shape index (κ2) is 7.18. The first-order chi connectivity index (χ1) is 11.7. The third kappa shape index (κ3) is 3.41. The van der Waals surface area contributed by atoms with Crippen LogP contribution < -0.4 is 5.32 Å². The van der Waals surface area contributed by atoms with Gasteiger partial charge in [-0.05, 0) is 17.5 Å². The van der Waals surface area contributed by atoms with Crippen molar-refractivity contribution < 1.29 is 14.7 Å². The fourth-order valence-electron chi connectivity index (χ4n) is 2.74. The molecule has 2 aromatic rings. The molecule has 2 N–H and O–H groups in total. The van der Waals surface area contributed by atoms with Crippen molar-refractivity contribution in [2.24, 2.45) is 0 Å². The zero-order valence-electron chi connectivity index (χ0n) is 13.1. The van der Waals surface area contributed by atoms with Crippen molar-refractivity contribution in [3.63, 3.8) is 0 Å². The van der Waals surface area contributed by atoms with E-state index in [2.05, 4.69) is 21.4 Å². The lowest BCUT2D eigenvalue weighted by Gasteiger charge is -2.31. The molecule has 1 aliphatic heterocycles. The third-order valence-corrected chi connectivity index (χ3v) is 4.02. The molecule has 3 rings (SSSR count). The molecule has 0 aliphatic carbocycles. The van der Waals surface area contributed by atoms with Gasteiger partial charge in [-0.2, -0.15) is 0 Å². The Balaban J connectivity index is 1.68. The Bertz CT molecular complexity index is 736. The average Bonchev–Trinajstić information content (AvgIpc) is 2.65. The standard InChI is InChI=1S/C17H18N4O3/c22-11-15(20-16(23)14-9-18-6-7-19-14)17(24)21-8-5-12-3-1-2-4-13(12)10-21/h1-4,6-7,9,15,22H,5,8,10-11H2,(H,20,23). The van der Waals surface area contributed by atoms with Gasteiger partial charge in [0.25, 0.3) is 5.91 Å². The van der Waals surface area contributed by atoms with Gasteiger partial charge in [-0.15, -0.1) is 0 Å². The summed E-state index contributed by atoms with van der Waals surface area (Å²) in [4.78, 5) is 34.1. The van der Waals surface area contributed by atoms with Crippen molar-refractivity contribution in [2.75, 3.05) is 13.2 Å². The first-order valence-corrected chi connectivity index (χ1v) is 7.72. The summed E-state index contributed by atoms with van der Waals surface area (Å²) in [5.74, 6) is -0.836. The quantitative estimate of drug-likeness (QED) is 0.834. The molecule has 1 atom stereocenters. The molecule has 7 nitrogen and oxygen atoms in total. The highest BCUT2D eigenvalue weighted by Gasteiger charge is 2.28. The number of amides is 2. The Labute approximate surface area is 139 Å². The smallest absolute Gasteiger partial charge is 0.272 e. The predicted octanol–water partition coefficient (Wildman–Crippen LogP) is 0.152. The monoisotopic (exact) mass is 326 g/mol. The Morgan fingerprint density at radius 1 is 1.25 bits per heavy atom. The van der Waals surface area contributed by atoms with Gasteiger partial charge in [0.15, 0.2) is 0 Å². The van der Waals surface area contributed by atoms with Crippen LogP contribution in [0, 0.1) is 0 Å². The number of aliphatic hydroxyl groups excluding tert-OH is 1. The number of fused-ring (bicyclic) bond motifs is 1. The van der Waals surface area contributed by atoms with Crippen LogP contribution in [-0.4, -0.2) is 51.0 Å². The molecule has 0 radical (unpaired) electrons. The van der Waals surface area contributed by atoms with Crippen LogP contribution in [0.1, 0.15) is 21.6 Å². The fourth-order valence-corrected chi connectivity index (χ4v) is 2.74. The van der Waals surface area contributed by atoms with Crippen LogP contribution in [-0.2, 0) is 17.8 Å². The van der Waals surface area contributed by atoms with Crippen molar-refractivity contribution >= 4 is 11.8 Å². The predicted molar refractivity (Wildman–Crippen MR) is 85.9 cm³/mol. The Kier molecular flexibility index (Phi) is 4.81. The van der Waals surface area contributed by atoms with Crippen molar-refractivity contribution in [1.82, 2.24) is 20.2 Å². The Morgan fingerprint density at radius 3 is 2.75 bits per heavy atom. The van der Waals surface area contributed by atoms with Crippen LogP contribution in [0.15, 0.2) is 42.9 Å². The lowest BCUT2D eigenvalue weighted by Crippen LogP contribution is -2.51. The van der Waals surface area contributed by atoms with Crippen molar-refractivity contribution in [2.45, 2.75) is 19.0 Å². The third-order valence-electron chi connectivity index (χ3n) is 4.02. The highest BCUT2D eigenvalue weighted by Crippen LogP contribution is 2.19. The minimum atomic E-state index is -0.996. The van der Waals surface area contributed by atoms with Gasteiger partial charge < -0.3 is 15.3 Å². The number of benzene rings is 1. The maximum Gasteiger partial charge on any atom is 0.272 e. The maximum atomic E-state index is 12.6. The molecule has 1 aromatic heterocycles. The molecule has 7 heteroatoms. The summed E-state index contributed by atoms with van der Waals surface area (Å²) in [6.07, 6.45) is 4.92. The van der Waals surface area contributed by atoms with Gasteiger partial charge in [-0.25, -0.2) is 4.98 Å². The average molecular weight is 326 g/mol. The molecular formula is C17H18N4O3. The molecule has 2 heterocycles. The topological polar surface area (TPSA) is 95.4 Å². The highest BCUT2D eigenvalue weighted by molar-refractivity contribution is 5.96. The summed E-state index contributed by atoms with van der Waals surface area (Å²) in [5, 5.41) is 12.0. The van der Waals surface area contributed by atoms with Crippen LogP contribution in [0.5, 0.6) is 0 Å². The second-order valence-electron chi connectivity index (χ2n) is 5.58. The van der Waals surface area contributed by atoms with Gasteiger partial charge in [0.2, 0.25) is 5.91 Å². The number of aromatic nitrogens is 2. The van der Waals surface area contributed by atoms with Gasteiger partial charge in [0, 0.05) is 25.5 Å². The first-order valence-electron chi connectivity index (χ1n) is 7.72. The molecule has 1 aromatic carbocycles. The van der Waals surface area contributed by atoms with Gasteiger partial charge in [0.1, 0.15) is 11.7 Å². The number of aliphatic hydroxyl groups is 1. The normalized spacial score (nSPS) is 14.6. The molecule has 124 valence electrons. The fraction of sp³-hybridized carbons (Fsp3) is 0.294. The van der Waals surface area contributed by atoms with Gasteiger partial charge in [0.05, 0.1) is 12.8 Å². The van der Waals surface area contributed by atoms with Gasteiger partial charge in [-0.3, -0.25) is 14.6 Å². The SMILES string of the molecule is O=C(NC(CO)C(=O)N1CCc2ccccc2C1)c1cnccn1. The molecule has 24 heavy (non-hydrogen) atoms. The van der Waals surface area contributed by atoms with E-state index in [9.17, 15) is 14.7 Å². The van der Waals surface area contributed by atoms with Gasteiger partial charge >= 0.3 is 0 Å². The molecular weight excluding hydrogens is 308 g/mol. The minimum absolute atomic E-state index is 0.104. The van der Waals surface area contributed by atoms with Crippen molar-refractivity contribution in [3.8, 4) is 0 Å². The van der Waals surface area contributed by atoms with Crippen molar-refractivity contribution in [1.29, 1.82) is 0 Å². The number of nitrogens with zero attached hydrogens (tertiary/aromatic N) is 3. The zero-order valence-corrected chi connectivity index (χ0v) is 13.1. The zero-order chi connectivity index (χ0) is 16.9. The Morgan fingerprint density at radius 2 is 2.04 bits per heavy atom. The van der Waals surface area contributed by atoms with E-state index in [1.807, 2.05) is 18.2 Å². The summed E-state index contributed by atoms with van der Waals surface area (Å²) in [6.45, 7) is 0.572. The summed E-state index contributed by atoms with van der Waals surface area (Å²) < 4.78 is 0. The van der Waals surface area contributed by atoms with Crippen LogP contribution in [0.3, 0.4) is 0 Å². The number of rotatable bonds is 4. The maximum absolute atomic E-state index is 12.6. The molecule has 2 amide bonds. The number of carbonyl (C=O) groups excluding carboxylic acids is 2. The van der Waals surface area contributed by atoms with Crippen molar-refractivity contribution in [3.05, 3.63) is 59.7 Å². The molecule has 0 spiro atoms. The molecule has 0 saturated heterocycles. The van der Waals surface area contributed by atoms with E-state index in [-0.39, 0.29) is 11.6 Å². The van der Waals surface area contributed by atoms with Crippen LogP contribution in [0.2, 0.25) is 0 Å². The number of carbonyl (C=O) groups is 2. The molecule has 1 unspecified atom stereocenters. The van der Waals surface area contributed by atoms with Crippen LogP contribution >= 0.6 is 0 Å². The highest BCUT2D eigenvalue weighted by atomic mass is 16.3. The summed E-state index contributed by atoms with van der Waals surface area (Å²) >= 11 is 0. The summed E-state index contributed by atoms with van der Waals surface area (Å²) in [5.41, 5.74) is 2.42. The molecule has 0 saturated carbocycles. The summed E-state index contributed by atoms with van der Waals surface area (Å²) in [6, 6.07) is 6.96. The van der Waals surface area contributed by atoms with Crippen LogP contribution in [0.4, 0.5) is 0 Å². The summed E-state index contributed by atoms with van der Waals surface area (Å²) in [7, 11) is 0.